The summed E-state index contributed by atoms with van der Waals surface area (Å²) in [6, 6.07) is 0. The van der Waals surface area contributed by atoms with Crippen LogP contribution in [0.1, 0.15) is 66.7 Å². The third-order valence-corrected chi connectivity index (χ3v) is 4.16. The lowest BCUT2D eigenvalue weighted by atomic mass is 9.79. The van der Waals surface area contributed by atoms with Gasteiger partial charge in [-0.25, -0.2) is 0 Å². The molecule has 1 amide bonds. The average molecular weight is 279 g/mol. The second-order valence-electron chi connectivity index (χ2n) is 5.41. The molecular formula is C14H31ClN2O. The van der Waals surface area contributed by atoms with Crippen molar-refractivity contribution in [2.45, 2.75) is 72.3 Å². The van der Waals surface area contributed by atoms with Crippen molar-refractivity contribution in [3.63, 3.8) is 0 Å². The molecule has 0 aromatic heterocycles. The molecule has 0 rings (SSSR count). The highest BCUT2D eigenvalue weighted by Crippen LogP contribution is 2.29. The van der Waals surface area contributed by atoms with Crippen molar-refractivity contribution >= 4 is 18.3 Å². The molecule has 3 N–H and O–H groups in total. The summed E-state index contributed by atoms with van der Waals surface area (Å²) in [6.07, 6.45) is 4.94. The lowest BCUT2D eigenvalue weighted by Crippen LogP contribution is -2.53. The molecular weight excluding hydrogens is 248 g/mol. The molecule has 0 saturated carbocycles. The largest absolute Gasteiger partial charge is 0.354 e. The summed E-state index contributed by atoms with van der Waals surface area (Å²) < 4.78 is 0. The van der Waals surface area contributed by atoms with Crippen LogP contribution in [0.15, 0.2) is 0 Å². The van der Waals surface area contributed by atoms with E-state index in [1.807, 2.05) is 13.8 Å². The first-order valence-electron chi connectivity index (χ1n) is 6.94. The topological polar surface area (TPSA) is 55.1 Å². The van der Waals surface area contributed by atoms with Crippen molar-refractivity contribution in [3.8, 4) is 0 Å². The highest BCUT2D eigenvalue weighted by molar-refractivity contribution is 5.85. The number of carbonyl (C=O) groups excluding carboxylic acids is 1. The normalized spacial score (nSPS) is 14.6. The van der Waals surface area contributed by atoms with Crippen molar-refractivity contribution in [1.82, 2.24) is 5.32 Å². The third-order valence-electron chi connectivity index (χ3n) is 4.16. The molecule has 3 nitrogen and oxygen atoms in total. The van der Waals surface area contributed by atoms with Gasteiger partial charge in [0.15, 0.2) is 0 Å². The first-order chi connectivity index (χ1) is 7.87. The Balaban J connectivity index is 0. The molecule has 0 fully saturated rings. The molecule has 0 heterocycles. The standard InChI is InChI=1S/C14H30N2O.ClH/c1-6-10-13(5,15)12(17)16-11-14(7-2,8-3)9-4;/h6-11,15H2,1-5H3,(H,16,17);1H. The van der Waals surface area contributed by atoms with Crippen LogP contribution in [0.2, 0.25) is 0 Å². The van der Waals surface area contributed by atoms with E-state index in [4.69, 9.17) is 5.73 Å². The number of rotatable bonds is 8. The number of nitrogens with two attached hydrogens (primary N) is 1. The van der Waals surface area contributed by atoms with E-state index in [1.54, 1.807) is 0 Å². The number of hydrogen-bond donors (Lipinski definition) is 2. The first kappa shape index (κ1) is 20.0. The van der Waals surface area contributed by atoms with Crippen molar-refractivity contribution in [1.29, 1.82) is 0 Å². The van der Waals surface area contributed by atoms with Gasteiger partial charge >= 0.3 is 0 Å². The molecule has 1 atom stereocenters. The van der Waals surface area contributed by atoms with Crippen LogP contribution in [0.5, 0.6) is 0 Å². The zero-order chi connectivity index (χ0) is 13.5. The van der Waals surface area contributed by atoms with Gasteiger partial charge in [0, 0.05) is 6.54 Å². The third kappa shape index (κ3) is 5.57. The molecule has 0 aliphatic carbocycles. The predicted octanol–water partition coefficient (Wildman–Crippen LogP) is 3.26. The smallest absolute Gasteiger partial charge is 0.239 e. The Morgan fingerprint density at radius 3 is 1.89 bits per heavy atom. The van der Waals surface area contributed by atoms with Gasteiger partial charge in [-0.15, -0.1) is 12.4 Å². The first-order valence-corrected chi connectivity index (χ1v) is 6.94. The van der Waals surface area contributed by atoms with Gasteiger partial charge < -0.3 is 11.1 Å². The molecule has 0 aliphatic heterocycles. The van der Waals surface area contributed by atoms with Crippen LogP contribution >= 0.6 is 12.4 Å². The monoisotopic (exact) mass is 278 g/mol. The van der Waals surface area contributed by atoms with Crippen LogP contribution in [0.25, 0.3) is 0 Å². The maximum absolute atomic E-state index is 12.0. The Labute approximate surface area is 119 Å². The highest BCUT2D eigenvalue weighted by Gasteiger charge is 2.30. The van der Waals surface area contributed by atoms with Crippen LogP contribution in [0, 0.1) is 5.41 Å². The second-order valence-corrected chi connectivity index (χ2v) is 5.41. The summed E-state index contributed by atoms with van der Waals surface area (Å²) in [7, 11) is 0. The van der Waals surface area contributed by atoms with Gasteiger partial charge in [0.2, 0.25) is 5.91 Å². The minimum atomic E-state index is -0.726. The minimum absolute atomic E-state index is 0. The Morgan fingerprint density at radius 2 is 1.56 bits per heavy atom. The van der Waals surface area contributed by atoms with Gasteiger partial charge in [-0.05, 0) is 38.0 Å². The van der Waals surface area contributed by atoms with Crippen molar-refractivity contribution in [2.24, 2.45) is 11.1 Å². The number of amides is 1. The Hall–Kier alpha value is -0.280. The summed E-state index contributed by atoms with van der Waals surface area (Å²) >= 11 is 0. The zero-order valence-electron chi connectivity index (χ0n) is 12.6. The molecule has 0 aliphatic rings. The van der Waals surface area contributed by atoms with E-state index in [1.165, 1.54) is 0 Å². The Bertz CT molecular complexity index is 230. The van der Waals surface area contributed by atoms with E-state index >= 15 is 0 Å². The molecule has 0 spiro atoms. The van der Waals surface area contributed by atoms with Crippen molar-refractivity contribution in [2.75, 3.05) is 6.54 Å². The fourth-order valence-corrected chi connectivity index (χ4v) is 2.23. The molecule has 0 aromatic rings. The number of hydrogen-bond acceptors (Lipinski definition) is 2. The summed E-state index contributed by atoms with van der Waals surface area (Å²) in [5, 5.41) is 3.04. The summed E-state index contributed by atoms with van der Waals surface area (Å²) in [5.41, 5.74) is 5.52. The molecule has 0 aromatic carbocycles. The van der Waals surface area contributed by atoms with Crippen LogP contribution in [-0.4, -0.2) is 18.0 Å². The lowest BCUT2D eigenvalue weighted by Gasteiger charge is -2.32. The summed E-state index contributed by atoms with van der Waals surface area (Å²) in [4.78, 5) is 12.0. The van der Waals surface area contributed by atoms with E-state index in [9.17, 15) is 4.79 Å². The van der Waals surface area contributed by atoms with Crippen molar-refractivity contribution in [3.05, 3.63) is 0 Å². The van der Waals surface area contributed by atoms with E-state index < -0.39 is 5.54 Å². The number of halogens is 1. The van der Waals surface area contributed by atoms with Crippen LogP contribution < -0.4 is 11.1 Å². The summed E-state index contributed by atoms with van der Waals surface area (Å²) in [5.74, 6) is -0.0147. The fraction of sp³-hybridized carbons (Fsp3) is 0.929. The van der Waals surface area contributed by atoms with Gasteiger partial charge in [-0.2, -0.15) is 0 Å². The van der Waals surface area contributed by atoms with Gasteiger partial charge in [0.05, 0.1) is 5.54 Å². The average Bonchev–Trinajstić information content (AvgIpc) is 2.31. The maximum Gasteiger partial charge on any atom is 0.239 e. The van der Waals surface area contributed by atoms with Crippen LogP contribution in [-0.2, 0) is 4.79 Å². The van der Waals surface area contributed by atoms with Crippen molar-refractivity contribution < 1.29 is 4.79 Å². The Kier molecular flexibility index (Phi) is 9.75. The minimum Gasteiger partial charge on any atom is -0.354 e. The van der Waals surface area contributed by atoms with Crippen LogP contribution in [0.3, 0.4) is 0 Å². The lowest BCUT2D eigenvalue weighted by molar-refractivity contribution is -0.126. The Morgan fingerprint density at radius 1 is 1.11 bits per heavy atom. The molecule has 0 radical (unpaired) electrons. The number of carbonyl (C=O) groups is 1. The molecule has 18 heavy (non-hydrogen) atoms. The molecule has 1 unspecified atom stereocenters. The second kappa shape index (κ2) is 8.76. The predicted molar refractivity (Wildman–Crippen MR) is 81.1 cm³/mol. The van der Waals surface area contributed by atoms with E-state index in [0.717, 1.165) is 38.6 Å². The fourth-order valence-electron chi connectivity index (χ4n) is 2.23. The van der Waals surface area contributed by atoms with Gasteiger partial charge in [-0.3, -0.25) is 4.79 Å². The van der Waals surface area contributed by atoms with Gasteiger partial charge in [0.25, 0.3) is 0 Å². The maximum atomic E-state index is 12.0. The molecule has 4 heteroatoms. The van der Waals surface area contributed by atoms with E-state index in [0.29, 0.717) is 0 Å². The molecule has 0 saturated heterocycles. The summed E-state index contributed by atoms with van der Waals surface area (Å²) in [6.45, 7) is 11.2. The molecule has 110 valence electrons. The number of nitrogens with one attached hydrogen (secondary N) is 1. The van der Waals surface area contributed by atoms with Gasteiger partial charge in [0.1, 0.15) is 0 Å². The quantitative estimate of drug-likeness (QED) is 0.716. The van der Waals surface area contributed by atoms with E-state index in [-0.39, 0.29) is 23.7 Å². The molecule has 0 bridgehead atoms. The SMILES string of the molecule is CCCC(C)(N)C(=O)NCC(CC)(CC)CC.Cl. The van der Waals surface area contributed by atoms with Gasteiger partial charge in [-0.1, -0.05) is 34.1 Å². The highest BCUT2D eigenvalue weighted by atomic mass is 35.5. The zero-order valence-corrected chi connectivity index (χ0v) is 13.5. The van der Waals surface area contributed by atoms with E-state index in [2.05, 4.69) is 26.1 Å². The van der Waals surface area contributed by atoms with Crippen LogP contribution in [0.4, 0.5) is 0 Å².